The summed E-state index contributed by atoms with van der Waals surface area (Å²) in [7, 11) is 0. The maximum atomic E-state index is 12.7. The molecule has 5 heteroatoms. The monoisotopic (exact) mass is 267 g/mol. The zero-order valence-corrected chi connectivity index (χ0v) is 10.7. The number of thioether (sulfide) groups is 1. The van der Waals surface area contributed by atoms with Gasteiger partial charge in [-0.25, -0.2) is 0 Å². The van der Waals surface area contributed by atoms with Crippen LogP contribution in [0.1, 0.15) is 38.5 Å². The Morgan fingerprint density at radius 3 is 2.29 bits per heavy atom. The van der Waals surface area contributed by atoms with Gasteiger partial charge in [0.25, 0.3) is 0 Å². The number of halogens is 3. The molecule has 2 aliphatic rings. The number of nitrogens with one attached hydrogen (secondary N) is 1. The van der Waals surface area contributed by atoms with E-state index < -0.39 is 12.1 Å². The Hall–Kier alpha value is 0.100. The lowest BCUT2D eigenvalue weighted by molar-refractivity contribution is -0.183. The number of rotatable bonds is 2. The van der Waals surface area contributed by atoms with Crippen LogP contribution in [0.4, 0.5) is 13.2 Å². The first kappa shape index (κ1) is 13.5. The van der Waals surface area contributed by atoms with Gasteiger partial charge in [-0.1, -0.05) is 6.42 Å². The molecule has 1 heterocycles. The van der Waals surface area contributed by atoms with E-state index in [0.29, 0.717) is 18.9 Å². The minimum Gasteiger partial charge on any atom is -0.311 e. The predicted octanol–water partition coefficient (Wildman–Crippen LogP) is 3.59. The van der Waals surface area contributed by atoms with E-state index in [2.05, 4.69) is 5.32 Å². The topological polar surface area (TPSA) is 12.0 Å². The molecule has 0 spiro atoms. The van der Waals surface area contributed by atoms with Crippen molar-refractivity contribution in [1.82, 2.24) is 5.32 Å². The molecule has 1 nitrogen and oxygen atoms in total. The Labute approximate surface area is 105 Å². The van der Waals surface area contributed by atoms with Crippen LogP contribution in [-0.4, -0.2) is 29.8 Å². The molecule has 1 saturated heterocycles. The molecule has 0 amide bonds. The molecule has 0 aromatic rings. The molecular weight excluding hydrogens is 247 g/mol. The Morgan fingerprint density at radius 1 is 0.941 bits per heavy atom. The molecule has 0 aromatic carbocycles. The van der Waals surface area contributed by atoms with Gasteiger partial charge in [0, 0.05) is 12.1 Å². The zero-order chi connectivity index (χ0) is 12.3. The van der Waals surface area contributed by atoms with E-state index in [0.717, 1.165) is 30.8 Å². The second kappa shape index (κ2) is 5.83. The Morgan fingerprint density at radius 2 is 1.65 bits per heavy atom. The molecule has 1 saturated carbocycles. The highest BCUT2D eigenvalue weighted by Gasteiger charge is 2.42. The van der Waals surface area contributed by atoms with E-state index in [-0.39, 0.29) is 12.5 Å². The molecule has 0 aromatic heterocycles. The average Bonchev–Trinajstić information content (AvgIpc) is 2.29. The predicted molar refractivity (Wildman–Crippen MR) is 65.3 cm³/mol. The van der Waals surface area contributed by atoms with Crippen molar-refractivity contribution in [1.29, 1.82) is 0 Å². The van der Waals surface area contributed by atoms with Crippen LogP contribution in [0.25, 0.3) is 0 Å². The molecule has 100 valence electrons. The van der Waals surface area contributed by atoms with Gasteiger partial charge in [0.15, 0.2) is 0 Å². The van der Waals surface area contributed by atoms with Crippen molar-refractivity contribution < 1.29 is 13.2 Å². The van der Waals surface area contributed by atoms with Crippen LogP contribution >= 0.6 is 11.8 Å². The first-order valence-corrected chi connectivity index (χ1v) is 7.61. The van der Waals surface area contributed by atoms with Gasteiger partial charge < -0.3 is 5.32 Å². The molecule has 2 fully saturated rings. The third kappa shape index (κ3) is 4.05. The molecule has 0 bridgehead atoms. The van der Waals surface area contributed by atoms with Crippen molar-refractivity contribution in [2.24, 2.45) is 5.92 Å². The van der Waals surface area contributed by atoms with E-state index in [9.17, 15) is 13.2 Å². The Kier molecular flexibility index (Phi) is 4.64. The number of hydrogen-bond donors (Lipinski definition) is 1. The van der Waals surface area contributed by atoms with Crippen molar-refractivity contribution in [2.75, 3.05) is 11.5 Å². The van der Waals surface area contributed by atoms with Gasteiger partial charge in [-0.2, -0.15) is 24.9 Å². The van der Waals surface area contributed by atoms with Crippen molar-refractivity contribution >= 4 is 11.8 Å². The fourth-order valence-corrected chi connectivity index (χ4v) is 3.94. The molecular formula is C12H20F3NS. The van der Waals surface area contributed by atoms with Crippen molar-refractivity contribution in [3.63, 3.8) is 0 Å². The molecule has 2 unspecified atom stereocenters. The van der Waals surface area contributed by atoms with Crippen LogP contribution in [0.3, 0.4) is 0 Å². The number of alkyl halides is 3. The SMILES string of the molecule is FC(F)(F)C1CCCC(NC2CCSCC2)C1. The molecule has 2 atom stereocenters. The molecule has 1 aliphatic carbocycles. The summed E-state index contributed by atoms with van der Waals surface area (Å²) in [5.41, 5.74) is 0. The van der Waals surface area contributed by atoms with Gasteiger partial charge >= 0.3 is 6.18 Å². The highest BCUT2D eigenvalue weighted by molar-refractivity contribution is 7.99. The summed E-state index contributed by atoms with van der Waals surface area (Å²) in [4.78, 5) is 0. The fraction of sp³-hybridized carbons (Fsp3) is 1.00. The van der Waals surface area contributed by atoms with Gasteiger partial charge in [-0.15, -0.1) is 0 Å². The zero-order valence-electron chi connectivity index (χ0n) is 9.93. The maximum absolute atomic E-state index is 12.7. The first-order chi connectivity index (χ1) is 8.05. The van der Waals surface area contributed by atoms with Crippen LogP contribution in [0, 0.1) is 5.92 Å². The summed E-state index contributed by atoms with van der Waals surface area (Å²) in [5, 5.41) is 3.45. The summed E-state index contributed by atoms with van der Waals surface area (Å²) in [6.07, 6.45) is 0.452. The van der Waals surface area contributed by atoms with E-state index in [1.165, 1.54) is 0 Å². The minimum absolute atomic E-state index is 0.0866. The normalized spacial score (nSPS) is 32.6. The van der Waals surface area contributed by atoms with Crippen LogP contribution in [0.15, 0.2) is 0 Å². The molecule has 1 aliphatic heterocycles. The summed E-state index contributed by atoms with van der Waals surface area (Å²) in [5.74, 6) is 1.21. The smallest absolute Gasteiger partial charge is 0.311 e. The quantitative estimate of drug-likeness (QED) is 0.820. The van der Waals surface area contributed by atoms with E-state index in [1.54, 1.807) is 0 Å². The van der Waals surface area contributed by atoms with Gasteiger partial charge in [0.1, 0.15) is 0 Å². The van der Waals surface area contributed by atoms with Crippen LogP contribution in [-0.2, 0) is 0 Å². The Balaban J connectivity index is 1.80. The highest BCUT2D eigenvalue weighted by Crippen LogP contribution is 2.37. The highest BCUT2D eigenvalue weighted by atomic mass is 32.2. The lowest BCUT2D eigenvalue weighted by Crippen LogP contribution is -2.44. The lowest BCUT2D eigenvalue weighted by atomic mass is 9.84. The van der Waals surface area contributed by atoms with Crippen molar-refractivity contribution in [2.45, 2.75) is 56.8 Å². The van der Waals surface area contributed by atoms with E-state index in [1.807, 2.05) is 11.8 Å². The van der Waals surface area contributed by atoms with Gasteiger partial charge in [0.05, 0.1) is 5.92 Å². The average molecular weight is 267 g/mol. The summed E-state index contributed by atoms with van der Waals surface area (Å²) >= 11 is 1.95. The van der Waals surface area contributed by atoms with Crippen LogP contribution in [0.2, 0.25) is 0 Å². The maximum Gasteiger partial charge on any atom is 0.391 e. The number of hydrogen-bond acceptors (Lipinski definition) is 2. The van der Waals surface area contributed by atoms with E-state index >= 15 is 0 Å². The van der Waals surface area contributed by atoms with Gasteiger partial charge in [-0.3, -0.25) is 0 Å². The second-order valence-corrected chi connectivity index (χ2v) is 6.38. The molecule has 0 radical (unpaired) electrons. The third-order valence-electron chi connectivity index (χ3n) is 3.83. The van der Waals surface area contributed by atoms with Gasteiger partial charge in [-0.05, 0) is 43.6 Å². The summed E-state index contributed by atoms with van der Waals surface area (Å²) < 4.78 is 38.0. The van der Waals surface area contributed by atoms with Crippen LogP contribution < -0.4 is 5.32 Å². The van der Waals surface area contributed by atoms with Gasteiger partial charge in [0.2, 0.25) is 0 Å². The van der Waals surface area contributed by atoms with E-state index in [4.69, 9.17) is 0 Å². The third-order valence-corrected chi connectivity index (χ3v) is 4.88. The molecule has 1 N–H and O–H groups in total. The van der Waals surface area contributed by atoms with Crippen molar-refractivity contribution in [3.05, 3.63) is 0 Å². The standard InChI is InChI=1S/C12H20F3NS/c13-12(14,15)9-2-1-3-11(8-9)16-10-4-6-17-7-5-10/h9-11,16H,1-8H2. The second-order valence-electron chi connectivity index (χ2n) is 5.16. The van der Waals surface area contributed by atoms with Crippen LogP contribution in [0.5, 0.6) is 0 Å². The molecule has 2 rings (SSSR count). The summed E-state index contributed by atoms with van der Waals surface area (Å²) in [6, 6.07) is 0.539. The van der Waals surface area contributed by atoms with Crippen molar-refractivity contribution in [3.8, 4) is 0 Å². The largest absolute Gasteiger partial charge is 0.391 e. The Bertz CT molecular complexity index is 238. The first-order valence-electron chi connectivity index (χ1n) is 6.46. The lowest BCUT2D eigenvalue weighted by Gasteiger charge is -2.34. The fourth-order valence-electron chi connectivity index (χ4n) is 2.84. The summed E-state index contributed by atoms with van der Waals surface area (Å²) in [6.45, 7) is 0. The molecule has 17 heavy (non-hydrogen) atoms. The minimum atomic E-state index is -4.00.